The van der Waals surface area contributed by atoms with Crippen LogP contribution in [0.2, 0.25) is 0 Å². The van der Waals surface area contributed by atoms with Crippen LogP contribution in [0.3, 0.4) is 0 Å². The van der Waals surface area contributed by atoms with Gasteiger partial charge in [0.2, 0.25) is 0 Å². The van der Waals surface area contributed by atoms with Gasteiger partial charge < -0.3 is 5.11 Å². The van der Waals surface area contributed by atoms with Crippen LogP contribution in [0.15, 0.2) is 42.5 Å². The van der Waals surface area contributed by atoms with Crippen LogP contribution in [0.25, 0.3) is 0 Å². The van der Waals surface area contributed by atoms with E-state index in [2.05, 4.69) is 44.7 Å². The maximum atomic E-state index is 9.60. The summed E-state index contributed by atoms with van der Waals surface area (Å²) in [5.74, 6) is -0.277. The number of carboxylic acids is 1. The fourth-order valence-electron chi connectivity index (χ4n) is 0.838. The second-order valence-corrected chi connectivity index (χ2v) is 3.65. The molecule has 3 N–H and O–H groups in total. The molecule has 1 rings (SSSR count). The fraction of sp³-hybridized carbons (Fsp3) is 0.308. The molecule has 1 aromatic rings. The smallest absolute Gasteiger partial charge is 0.330 e. The largest absolute Gasteiger partial charge is 0.478 e. The molecule has 0 saturated carbocycles. The predicted octanol–water partition coefficient (Wildman–Crippen LogP) is 3.47. The molecule has 0 amide bonds. The summed E-state index contributed by atoms with van der Waals surface area (Å²) >= 11 is 0. The first-order valence-electron chi connectivity index (χ1n) is 5.09. The summed E-state index contributed by atoms with van der Waals surface area (Å²) in [6, 6.07) is 10.5. The second-order valence-electron chi connectivity index (χ2n) is 3.65. The Hall–Kier alpha value is -1.65. The van der Waals surface area contributed by atoms with Gasteiger partial charge in [-0.05, 0) is 18.4 Å². The third kappa shape index (κ3) is 10.6. The first kappa shape index (κ1) is 17.7. The Bertz CT molecular complexity index is 305. The normalized spacial score (nSPS) is 8.35. The van der Waals surface area contributed by atoms with E-state index < -0.39 is 5.97 Å². The number of rotatable bonds is 2. The minimum absolute atomic E-state index is 0.176. The molecule has 0 bridgehead atoms. The zero-order chi connectivity index (χ0) is 13.8. The minimum atomic E-state index is -0.935. The summed E-state index contributed by atoms with van der Waals surface area (Å²) in [7, 11) is 0. The number of benzene rings is 1. The van der Waals surface area contributed by atoms with Gasteiger partial charge in [0.15, 0.2) is 0 Å². The Labute approximate surface area is 102 Å². The Morgan fingerprint density at radius 3 is 1.71 bits per heavy atom. The molecule has 0 aromatic heterocycles. The highest BCUT2D eigenvalue weighted by molar-refractivity contribution is 5.84. The van der Waals surface area contributed by atoms with Crippen molar-refractivity contribution in [3.05, 3.63) is 48.0 Å². The Balaban J connectivity index is 0. The first-order chi connectivity index (χ1) is 7.95. The van der Waals surface area contributed by atoms with Crippen molar-refractivity contribution in [1.29, 1.82) is 0 Å². The molecule has 0 heterocycles. The highest BCUT2D eigenvalue weighted by Gasteiger charge is 1.93. The fourth-order valence-corrected chi connectivity index (χ4v) is 0.838. The lowest BCUT2D eigenvalue weighted by molar-refractivity contribution is -0.176. The number of carbonyl (C=O) groups is 1. The standard InChI is InChI=1S/C9H12.C4H6O2.H2O2/c1-8(2)9-6-4-3-5-7-9;1-3(2)4(5)6;1-2/h3-8H,1-2H3;1H2,2H3,(H,5,6);1-2H. The van der Waals surface area contributed by atoms with Crippen LogP contribution in [0.4, 0.5) is 0 Å². The molecule has 0 aliphatic heterocycles. The Kier molecular flexibility index (Phi) is 11.3. The van der Waals surface area contributed by atoms with Crippen molar-refractivity contribution in [1.82, 2.24) is 0 Å². The van der Waals surface area contributed by atoms with Gasteiger partial charge >= 0.3 is 5.97 Å². The van der Waals surface area contributed by atoms with Crippen molar-refractivity contribution >= 4 is 5.97 Å². The van der Waals surface area contributed by atoms with Gasteiger partial charge in [0.25, 0.3) is 0 Å². The molecular weight excluding hydrogens is 220 g/mol. The van der Waals surface area contributed by atoms with E-state index in [4.69, 9.17) is 15.6 Å². The predicted molar refractivity (Wildman–Crippen MR) is 68.2 cm³/mol. The molecule has 17 heavy (non-hydrogen) atoms. The van der Waals surface area contributed by atoms with Crippen molar-refractivity contribution in [3.8, 4) is 0 Å². The molecule has 4 heteroatoms. The zero-order valence-electron chi connectivity index (χ0n) is 10.4. The number of carboxylic acid groups (broad SMARTS) is 1. The van der Waals surface area contributed by atoms with Crippen LogP contribution in [0, 0.1) is 0 Å². The molecular formula is C13H20O4. The average Bonchev–Trinajstić information content (AvgIpc) is 2.33. The quantitative estimate of drug-likeness (QED) is 0.420. The van der Waals surface area contributed by atoms with Gasteiger partial charge in [-0.3, -0.25) is 10.5 Å². The summed E-state index contributed by atoms with van der Waals surface area (Å²) in [6.07, 6.45) is 0. The van der Waals surface area contributed by atoms with Crippen molar-refractivity contribution < 1.29 is 20.4 Å². The minimum Gasteiger partial charge on any atom is -0.478 e. The van der Waals surface area contributed by atoms with Gasteiger partial charge in [0.05, 0.1) is 0 Å². The third-order valence-corrected chi connectivity index (χ3v) is 1.83. The van der Waals surface area contributed by atoms with E-state index in [1.54, 1.807) is 0 Å². The van der Waals surface area contributed by atoms with Crippen LogP contribution < -0.4 is 0 Å². The molecule has 96 valence electrons. The SMILES string of the molecule is C=C(C)C(=O)O.CC(C)c1ccccc1.OO. The lowest BCUT2D eigenvalue weighted by Gasteiger charge is -2.01. The van der Waals surface area contributed by atoms with E-state index in [9.17, 15) is 4.79 Å². The van der Waals surface area contributed by atoms with Crippen LogP contribution in [0.5, 0.6) is 0 Å². The van der Waals surface area contributed by atoms with Gasteiger partial charge in [-0.2, -0.15) is 0 Å². The number of aliphatic carboxylic acids is 1. The lowest BCUT2D eigenvalue weighted by Crippen LogP contribution is -1.92. The van der Waals surface area contributed by atoms with Crippen molar-refractivity contribution in [2.75, 3.05) is 0 Å². The van der Waals surface area contributed by atoms with Crippen LogP contribution >= 0.6 is 0 Å². The first-order valence-corrected chi connectivity index (χ1v) is 5.09. The lowest BCUT2D eigenvalue weighted by atomic mass is 10.0. The second kappa shape index (κ2) is 10.9. The highest BCUT2D eigenvalue weighted by atomic mass is 17.0. The number of hydrogen-bond donors (Lipinski definition) is 3. The molecule has 0 aliphatic rings. The molecule has 1 aromatic carbocycles. The van der Waals surface area contributed by atoms with Crippen LogP contribution in [-0.2, 0) is 4.79 Å². The number of hydrogen-bond acceptors (Lipinski definition) is 3. The Morgan fingerprint density at radius 1 is 1.18 bits per heavy atom. The van der Waals surface area contributed by atoms with E-state index in [1.165, 1.54) is 12.5 Å². The molecule has 0 aliphatic carbocycles. The van der Waals surface area contributed by atoms with Crippen LogP contribution in [0.1, 0.15) is 32.3 Å². The summed E-state index contributed by atoms with van der Waals surface area (Å²) in [5.41, 5.74) is 1.59. The van der Waals surface area contributed by atoms with E-state index >= 15 is 0 Å². The van der Waals surface area contributed by atoms with Gasteiger partial charge in [-0.25, -0.2) is 4.79 Å². The van der Waals surface area contributed by atoms with Crippen LogP contribution in [-0.4, -0.2) is 21.6 Å². The molecule has 0 saturated heterocycles. The molecule has 0 fully saturated rings. The Morgan fingerprint density at radius 2 is 1.53 bits per heavy atom. The van der Waals surface area contributed by atoms with E-state index in [0.29, 0.717) is 5.92 Å². The van der Waals surface area contributed by atoms with E-state index in [0.717, 1.165) is 0 Å². The maximum absolute atomic E-state index is 9.60. The molecule has 0 unspecified atom stereocenters. The molecule has 0 spiro atoms. The van der Waals surface area contributed by atoms with Crippen molar-refractivity contribution in [2.45, 2.75) is 26.7 Å². The monoisotopic (exact) mass is 240 g/mol. The summed E-state index contributed by atoms with van der Waals surface area (Å²) in [6.45, 7) is 9.01. The third-order valence-electron chi connectivity index (χ3n) is 1.83. The van der Waals surface area contributed by atoms with E-state index in [1.807, 2.05) is 6.07 Å². The molecule has 4 nitrogen and oxygen atoms in total. The highest BCUT2D eigenvalue weighted by Crippen LogP contribution is 2.11. The summed E-state index contributed by atoms with van der Waals surface area (Å²) < 4.78 is 0. The van der Waals surface area contributed by atoms with Crippen molar-refractivity contribution in [2.24, 2.45) is 0 Å². The topological polar surface area (TPSA) is 77.8 Å². The zero-order valence-corrected chi connectivity index (χ0v) is 10.4. The van der Waals surface area contributed by atoms with Gasteiger partial charge in [-0.1, -0.05) is 50.8 Å². The molecule has 0 radical (unpaired) electrons. The van der Waals surface area contributed by atoms with E-state index in [-0.39, 0.29) is 5.57 Å². The maximum Gasteiger partial charge on any atom is 0.330 e. The van der Waals surface area contributed by atoms with Gasteiger partial charge in [0.1, 0.15) is 0 Å². The van der Waals surface area contributed by atoms with Crippen molar-refractivity contribution in [3.63, 3.8) is 0 Å². The summed E-state index contributed by atoms with van der Waals surface area (Å²) in [4.78, 5) is 9.60. The average molecular weight is 240 g/mol. The van der Waals surface area contributed by atoms with Gasteiger partial charge in [-0.15, -0.1) is 0 Å². The summed E-state index contributed by atoms with van der Waals surface area (Å²) in [5, 5.41) is 19.9. The van der Waals surface area contributed by atoms with Gasteiger partial charge in [0, 0.05) is 5.57 Å². The molecule has 0 atom stereocenters.